The number of carbonyl (C=O) groups is 2. The lowest BCUT2D eigenvalue weighted by Gasteiger charge is -2.21. The lowest BCUT2D eigenvalue weighted by molar-refractivity contribution is -0.141. The number of rotatable bonds is 4. The first-order valence-corrected chi connectivity index (χ1v) is 7.93. The first-order valence-electron chi connectivity index (χ1n) is 7.93. The van der Waals surface area contributed by atoms with E-state index in [0.29, 0.717) is 25.5 Å². The third kappa shape index (κ3) is 3.64. The molecular weight excluding hydrogens is 298 g/mol. The molecule has 0 aromatic heterocycles. The van der Waals surface area contributed by atoms with E-state index in [1.807, 2.05) is 30.3 Å². The van der Waals surface area contributed by atoms with E-state index in [1.54, 1.807) is 0 Å². The van der Waals surface area contributed by atoms with Gasteiger partial charge in [0.25, 0.3) is 0 Å². The Balaban J connectivity index is 1.61. The number of aliphatic carboxylic acids is 1. The lowest BCUT2D eigenvalue weighted by atomic mass is 9.89. The van der Waals surface area contributed by atoms with E-state index < -0.39 is 18.1 Å². The highest BCUT2D eigenvalue weighted by Crippen LogP contribution is 2.34. The van der Waals surface area contributed by atoms with Gasteiger partial charge in [0.1, 0.15) is 12.6 Å². The van der Waals surface area contributed by atoms with Crippen LogP contribution in [-0.2, 0) is 20.9 Å². The molecule has 1 N–H and O–H groups in total. The van der Waals surface area contributed by atoms with Crippen LogP contribution in [0.2, 0.25) is 0 Å². The van der Waals surface area contributed by atoms with Crippen molar-refractivity contribution in [1.82, 2.24) is 4.90 Å². The van der Waals surface area contributed by atoms with Crippen LogP contribution in [0.25, 0.3) is 0 Å². The van der Waals surface area contributed by atoms with Gasteiger partial charge in [0, 0.05) is 19.8 Å². The third-order valence-corrected chi connectivity index (χ3v) is 4.69. The van der Waals surface area contributed by atoms with E-state index in [9.17, 15) is 14.7 Å². The highest BCUT2D eigenvalue weighted by atomic mass is 16.6. The molecule has 6 heteroatoms. The summed E-state index contributed by atoms with van der Waals surface area (Å²) >= 11 is 0. The van der Waals surface area contributed by atoms with Gasteiger partial charge in [-0.05, 0) is 30.2 Å². The number of ether oxygens (including phenoxy) is 2. The van der Waals surface area contributed by atoms with Crippen molar-refractivity contribution in [2.45, 2.75) is 25.5 Å². The van der Waals surface area contributed by atoms with Crippen molar-refractivity contribution in [3.63, 3.8) is 0 Å². The van der Waals surface area contributed by atoms with Gasteiger partial charge in [-0.3, -0.25) is 4.90 Å². The summed E-state index contributed by atoms with van der Waals surface area (Å²) in [6, 6.07) is 8.56. The molecular formula is C17H21NO5. The standard InChI is InChI=1S/C17H21NO5/c19-16(20)15-8-14(13-6-7-22-11-13)9-18(15)17(21)23-10-12-4-2-1-3-5-12/h1-5,13-15H,6-11H2,(H,19,20)/t13?,14?,15-/m0/s1. The molecule has 1 amide bonds. The number of likely N-dealkylation sites (tertiary alicyclic amines) is 1. The molecule has 2 saturated heterocycles. The largest absolute Gasteiger partial charge is 0.480 e. The maximum Gasteiger partial charge on any atom is 0.410 e. The molecule has 1 aromatic rings. The van der Waals surface area contributed by atoms with Crippen LogP contribution >= 0.6 is 0 Å². The molecule has 6 nitrogen and oxygen atoms in total. The molecule has 2 aliphatic heterocycles. The fourth-order valence-electron chi connectivity index (χ4n) is 3.37. The van der Waals surface area contributed by atoms with E-state index in [0.717, 1.165) is 18.6 Å². The molecule has 3 atom stereocenters. The Morgan fingerprint density at radius 2 is 2.04 bits per heavy atom. The van der Waals surface area contributed by atoms with Crippen molar-refractivity contribution in [2.24, 2.45) is 11.8 Å². The third-order valence-electron chi connectivity index (χ3n) is 4.69. The minimum atomic E-state index is -0.969. The molecule has 0 spiro atoms. The van der Waals surface area contributed by atoms with E-state index in [4.69, 9.17) is 9.47 Å². The van der Waals surface area contributed by atoms with Gasteiger partial charge in [0.15, 0.2) is 0 Å². The Morgan fingerprint density at radius 1 is 1.26 bits per heavy atom. The topological polar surface area (TPSA) is 76.1 Å². The highest BCUT2D eigenvalue weighted by Gasteiger charge is 2.43. The van der Waals surface area contributed by atoms with Crippen LogP contribution in [0, 0.1) is 11.8 Å². The smallest absolute Gasteiger partial charge is 0.410 e. The normalized spacial score (nSPS) is 27.1. The molecule has 0 saturated carbocycles. The predicted octanol–water partition coefficient (Wildman–Crippen LogP) is 2.13. The summed E-state index contributed by atoms with van der Waals surface area (Å²) in [5.74, 6) is -0.463. The summed E-state index contributed by atoms with van der Waals surface area (Å²) in [5.41, 5.74) is 0.882. The van der Waals surface area contributed by atoms with Crippen LogP contribution in [0.3, 0.4) is 0 Å². The first kappa shape index (κ1) is 15.8. The number of hydrogen-bond donors (Lipinski definition) is 1. The van der Waals surface area contributed by atoms with Crippen LogP contribution in [-0.4, -0.2) is 47.9 Å². The van der Waals surface area contributed by atoms with E-state index in [-0.39, 0.29) is 12.5 Å². The fourth-order valence-corrected chi connectivity index (χ4v) is 3.37. The van der Waals surface area contributed by atoms with Crippen molar-refractivity contribution in [2.75, 3.05) is 19.8 Å². The van der Waals surface area contributed by atoms with Gasteiger partial charge < -0.3 is 14.6 Å². The number of carboxylic acid groups (broad SMARTS) is 1. The molecule has 0 aliphatic carbocycles. The highest BCUT2D eigenvalue weighted by molar-refractivity contribution is 5.80. The Bertz CT molecular complexity index is 555. The second-order valence-electron chi connectivity index (χ2n) is 6.17. The number of hydrogen-bond acceptors (Lipinski definition) is 4. The molecule has 2 aliphatic rings. The van der Waals surface area contributed by atoms with Crippen LogP contribution < -0.4 is 0 Å². The van der Waals surface area contributed by atoms with Gasteiger partial charge in [0.05, 0.1) is 0 Å². The van der Waals surface area contributed by atoms with Crippen molar-refractivity contribution in [1.29, 1.82) is 0 Å². The van der Waals surface area contributed by atoms with Gasteiger partial charge in [-0.1, -0.05) is 30.3 Å². The maximum absolute atomic E-state index is 12.3. The Hall–Kier alpha value is -2.08. The molecule has 3 rings (SSSR count). The summed E-state index contributed by atoms with van der Waals surface area (Å²) in [4.78, 5) is 25.1. The quantitative estimate of drug-likeness (QED) is 0.920. The van der Waals surface area contributed by atoms with E-state index >= 15 is 0 Å². The van der Waals surface area contributed by atoms with Crippen molar-refractivity contribution >= 4 is 12.1 Å². The van der Waals surface area contributed by atoms with Gasteiger partial charge >= 0.3 is 12.1 Å². The fraction of sp³-hybridized carbons (Fsp3) is 0.529. The lowest BCUT2D eigenvalue weighted by Crippen LogP contribution is -2.40. The molecule has 2 unspecified atom stereocenters. The Morgan fingerprint density at radius 3 is 2.70 bits per heavy atom. The zero-order chi connectivity index (χ0) is 16.2. The zero-order valence-corrected chi connectivity index (χ0v) is 12.9. The average molecular weight is 319 g/mol. The van der Waals surface area contributed by atoms with Gasteiger partial charge in [-0.25, -0.2) is 9.59 Å². The zero-order valence-electron chi connectivity index (χ0n) is 12.9. The first-order chi connectivity index (χ1) is 11.1. The van der Waals surface area contributed by atoms with Crippen LogP contribution in [0.1, 0.15) is 18.4 Å². The molecule has 2 heterocycles. The SMILES string of the molecule is O=C(O)[C@@H]1CC(C2CCOC2)CN1C(=O)OCc1ccccc1. The van der Waals surface area contributed by atoms with Gasteiger partial charge in [-0.15, -0.1) is 0 Å². The minimum absolute atomic E-state index is 0.152. The monoisotopic (exact) mass is 319 g/mol. The molecule has 124 valence electrons. The van der Waals surface area contributed by atoms with E-state index in [1.165, 1.54) is 4.90 Å². The van der Waals surface area contributed by atoms with Crippen LogP contribution in [0.15, 0.2) is 30.3 Å². The number of nitrogens with zero attached hydrogens (tertiary/aromatic N) is 1. The summed E-state index contributed by atoms with van der Waals surface area (Å²) in [5, 5.41) is 9.40. The average Bonchev–Trinajstić information content (AvgIpc) is 3.22. The molecule has 2 fully saturated rings. The van der Waals surface area contributed by atoms with Crippen molar-refractivity contribution in [3.8, 4) is 0 Å². The predicted molar refractivity (Wildman–Crippen MR) is 81.8 cm³/mol. The maximum atomic E-state index is 12.3. The number of carbonyl (C=O) groups excluding carboxylic acids is 1. The molecule has 0 radical (unpaired) electrons. The summed E-state index contributed by atoms with van der Waals surface area (Å²) in [6.07, 6.45) is 0.857. The Labute approximate surface area is 135 Å². The second-order valence-corrected chi connectivity index (χ2v) is 6.17. The molecule has 23 heavy (non-hydrogen) atoms. The summed E-state index contributed by atoms with van der Waals surface area (Å²) in [6.45, 7) is 1.96. The summed E-state index contributed by atoms with van der Waals surface area (Å²) in [7, 11) is 0. The summed E-state index contributed by atoms with van der Waals surface area (Å²) < 4.78 is 10.7. The van der Waals surface area contributed by atoms with Crippen LogP contribution in [0.4, 0.5) is 4.79 Å². The number of benzene rings is 1. The molecule has 1 aromatic carbocycles. The minimum Gasteiger partial charge on any atom is -0.480 e. The van der Waals surface area contributed by atoms with Gasteiger partial charge in [0.2, 0.25) is 0 Å². The van der Waals surface area contributed by atoms with E-state index in [2.05, 4.69) is 0 Å². The van der Waals surface area contributed by atoms with Crippen molar-refractivity contribution < 1.29 is 24.2 Å². The number of carboxylic acids is 1. The van der Waals surface area contributed by atoms with Crippen molar-refractivity contribution in [3.05, 3.63) is 35.9 Å². The molecule has 0 bridgehead atoms. The second kappa shape index (κ2) is 7.00. The van der Waals surface area contributed by atoms with Crippen LogP contribution in [0.5, 0.6) is 0 Å². The Kier molecular flexibility index (Phi) is 4.81. The number of amides is 1. The van der Waals surface area contributed by atoms with Gasteiger partial charge in [-0.2, -0.15) is 0 Å².